The van der Waals surface area contributed by atoms with Crippen LogP contribution < -0.4 is 5.32 Å². The van der Waals surface area contributed by atoms with Gasteiger partial charge in [-0.1, -0.05) is 17.7 Å². The van der Waals surface area contributed by atoms with Gasteiger partial charge in [0.2, 0.25) is 0 Å². The lowest BCUT2D eigenvalue weighted by Crippen LogP contribution is -2.26. The van der Waals surface area contributed by atoms with Crippen LogP contribution in [0.3, 0.4) is 0 Å². The van der Waals surface area contributed by atoms with Crippen LogP contribution in [0.2, 0.25) is 0 Å². The third kappa shape index (κ3) is 6.90. The second-order valence-corrected chi connectivity index (χ2v) is 5.27. The molecule has 0 aromatic rings. The van der Waals surface area contributed by atoms with E-state index in [2.05, 4.69) is 5.32 Å². The summed E-state index contributed by atoms with van der Waals surface area (Å²) >= 11 is 0. The number of rotatable bonds is 7. The lowest BCUT2D eigenvalue weighted by atomic mass is 10.1. The van der Waals surface area contributed by atoms with E-state index in [-0.39, 0.29) is 24.5 Å². The third-order valence-corrected chi connectivity index (χ3v) is 2.82. The van der Waals surface area contributed by atoms with Crippen molar-refractivity contribution in [2.75, 3.05) is 6.54 Å². The summed E-state index contributed by atoms with van der Waals surface area (Å²) in [4.78, 5) is 22.4. The van der Waals surface area contributed by atoms with E-state index < -0.39 is 5.97 Å². The maximum absolute atomic E-state index is 12.0. The molecule has 5 heteroatoms. The minimum atomic E-state index is -0.856. The van der Waals surface area contributed by atoms with E-state index in [9.17, 15) is 9.59 Å². The molecule has 0 aromatic heterocycles. The number of nitrogens with one attached hydrogen (secondary N) is 1. The van der Waals surface area contributed by atoms with Gasteiger partial charge in [-0.2, -0.15) is 0 Å². The monoisotopic (exact) mass is 293 g/mol. The van der Waals surface area contributed by atoms with Gasteiger partial charge >= 0.3 is 5.97 Å². The van der Waals surface area contributed by atoms with E-state index in [0.717, 1.165) is 5.57 Å². The van der Waals surface area contributed by atoms with Crippen molar-refractivity contribution in [3.05, 3.63) is 35.5 Å². The average Bonchev–Trinajstić information content (AvgIpc) is 2.55. The topological polar surface area (TPSA) is 75.6 Å². The summed E-state index contributed by atoms with van der Waals surface area (Å²) in [5.74, 6) is -1.06. The van der Waals surface area contributed by atoms with Crippen LogP contribution >= 0.6 is 0 Å². The van der Waals surface area contributed by atoms with Crippen molar-refractivity contribution in [2.45, 2.75) is 45.8 Å². The molecule has 5 nitrogen and oxygen atoms in total. The van der Waals surface area contributed by atoms with Crippen LogP contribution in [-0.2, 0) is 14.3 Å². The summed E-state index contributed by atoms with van der Waals surface area (Å²) in [6.07, 6.45) is 7.79. The van der Waals surface area contributed by atoms with Crippen LogP contribution in [0.5, 0.6) is 0 Å². The highest BCUT2D eigenvalue weighted by Gasteiger charge is 2.12. The molecule has 0 fully saturated rings. The molecule has 0 heterocycles. The van der Waals surface area contributed by atoms with Gasteiger partial charge in [0, 0.05) is 18.5 Å². The summed E-state index contributed by atoms with van der Waals surface area (Å²) < 4.78 is 5.70. The Labute approximate surface area is 125 Å². The number of carbonyl (C=O) groups is 2. The molecule has 0 spiro atoms. The van der Waals surface area contributed by atoms with Crippen LogP contribution in [-0.4, -0.2) is 35.7 Å². The highest BCUT2D eigenvalue weighted by atomic mass is 16.5. The highest BCUT2D eigenvalue weighted by molar-refractivity contribution is 5.96. The quantitative estimate of drug-likeness (QED) is 0.706. The first-order valence-corrected chi connectivity index (χ1v) is 7.12. The SMILES string of the molecule is CC1=CC(OC(C)C)C=CC(C(=O)NCCCC(=O)O)=C1. The lowest BCUT2D eigenvalue weighted by Gasteiger charge is -2.13. The van der Waals surface area contributed by atoms with Crippen LogP contribution in [0.4, 0.5) is 0 Å². The Balaban J connectivity index is 2.56. The van der Waals surface area contributed by atoms with E-state index in [1.807, 2.05) is 32.9 Å². The minimum absolute atomic E-state index is 0.0540. The molecule has 0 saturated heterocycles. The maximum atomic E-state index is 12.0. The number of hydrogen-bond donors (Lipinski definition) is 2. The Morgan fingerprint density at radius 3 is 2.76 bits per heavy atom. The number of carboxylic acid groups (broad SMARTS) is 1. The van der Waals surface area contributed by atoms with Crippen molar-refractivity contribution in [1.29, 1.82) is 0 Å². The van der Waals surface area contributed by atoms with Gasteiger partial charge in [0.15, 0.2) is 0 Å². The Morgan fingerprint density at radius 1 is 1.43 bits per heavy atom. The van der Waals surface area contributed by atoms with Crippen molar-refractivity contribution in [2.24, 2.45) is 0 Å². The Bertz CT molecular complexity index is 475. The molecule has 1 aliphatic rings. The number of carboxylic acids is 1. The second-order valence-electron chi connectivity index (χ2n) is 5.27. The summed E-state index contributed by atoms with van der Waals surface area (Å²) in [5.41, 5.74) is 1.51. The first-order valence-electron chi connectivity index (χ1n) is 7.12. The molecule has 2 N–H and O–H groups in total. The largest absolute Gasteiger partial charge is 0.481 e. The van der Waals surface area contributed by atoms with Crippen molar-refractivity contribution in [3.8, 4) is 0 Å². The molecule has 1 unspecified atom stereocenters. The average molecular weight is 293 g/mol. The van der Waals surface area contributed by atoms with E-state index in [1.165, 1.54) is 0 Å². The fourth-order valence-corrected chi connectivity index (χ4v) is 1.94. The molecule has 21 heavy (non-hydrogen) atoms. The van der Waals surface area contributed by atoms with Crippen LogP contribution in [0.25, 0.3) is 0 Å². The summed E-state index contributed by atoms with van der Waals surface area (Å²) in [6, 6.07) is 0. The third-order valence-electron chi connectivity index (χ3n) is 2.82. The predicted molar refractivity (Wildman–Crippen MR) is 80.9 cm³/mol. The molecule has 1 amide bonds. The van der Waals surface area contributed by atoms with Gasteiger partial charge in [0.1, 0.15) is 0 Å². The fourth-order valence-electron chi connectivity index (χ4n) is 1.94. The molecule has 0 aromatic carbocycles. The van der Waals surface area contributed by atoms with Gasteiger partial charge in [-0.15, -0.1) is 0 Å². The lowest BCUT2D eigenvalue weighted by molar-refractivity contribution is -0.137. The maximum Gasteiger partial charge on any atom is 0.303 e. The van der Waals surface area contributed by atoms with Crippen molar-refractivity contribution < 1.29 is 19.4 Å². The van der Waals surface area contributed by atoms with Gasteiger partial charge in [-0.3, -0.25) is 9.59 Å². The number of allylic oxidation sites excluding steroid dienone is 2. The van der Waals surface area contributed by atoms with Crippen LogP contribution in [0.1, 0.15) is 33.6 Å². The van der Waals surface area contributed by atoms with Crippen molar-refractivity contribution >= 4 is 11.9 Å². The van der Waals surface area contributed by atoms with E-state index >= 15 is 0 Å². The van der Waals surface area contributed by atoms with Crippen LogP contribution in [0, 0.1) is 0 Å². The Morgan fingerprint density at radius 2 is 2.14 bits per heavy atom. The van der Waals surface area contributed by atoms with E-state index in [1.54, 1.807) is 12.2 Å². The minimum Gasteiger partial charge on any atom is -0.481 e. The molecule has 0 aliphatic heterocycles. The fraction of sp³-hybridized carbons (Fsp3) is 0.500. The molecule has 0 bridgehead atoms. The summed E-state index contributed by atoms with van der Waals surface area (Å²) in [7, 11) is 0. The Kier molecular flexibility index (Phi) is 6.88. The number of ether oxygens (including phenoxy) is 1. The molecule has 0 radical (unpaired) electrons. The van der Waals surface area contributed by atoms with Gasteiger partial charge in [0.05, 0.1) is 12.2 Å². The molecular weight excluding hydrogens is 270 g/mol. The molecule has 0 saturated carbocycles. The number of hydrogen-bond acceptors (Lipinski definition) is 3. The zero-order valence-electron chi connectivity index (χ0n) is 12.8. The van der Waals surface area contributed by atoms with E-state index in [4.69, 9.17) is 9.84 Å². The number of aliphatic carboxylic acids is 1. The molecule has 1 rings (SSSR count). The van der Waals surface area contributed by atoms with Crippen LogP contribution in [0.15, 0.2) is 35.5 Å². The zero-order chi connectivity index (χ0) is 15.8. The molecular formula is C16H23NO4. The van der Waals surface area contributed by atoms with Gasteiger partial charge in [-0.05, 0) is 39.3 Å². The standard InChI is InChI=1S/C16H23NO4/c1-11(2)21-14-7-6-13(9-12(3)10-14)16(20)17-8-4-5-15(18)19/h6-7,9-11,14H,4-5,8H2,1-3H3,(H,17,20)(H,18,19). The number of amides is 1. The summed E-state index contributed by atoms with van der Waals surface area (Å²) in [6.45, 7) is 6.20. The van der Waals surface area contributed by atoms with Gasteiger partial charge in [0.25, 0.3) is 5.91 Å². The second kappa shape index (κ2) is 8.42. The first kappa shape index (κ1) is 17.2. The predicted octanol–water partition coefficient (Wildman–Crippen LogP) is 2.20. The van der Waals surface area contributed by atoms with Crippen molar-refractivity contribution in [1.82, 2.24) is 5.32 Å². The molecule has 1 atom stereocenters. The molecule has 116 valence electrons. The summed E-state index contributed by atoms with van der Waals surface area (Å²) in [5, 5.41) is 11.3. The van der Waals surface area contributed by atoms with Gasteiger partial charge < -0.3 is 15.2 Å². The smallest absolute Gasteiger partial charge is 0.303 e. The van der Waals surface area contributed by atoms with E-state index in [0.29, 0.717) is 18.5 Å². The van der Waals surface area contributed by atoms with Gasteiger partial charge in [-0.25, -0.2) is 0 Å². The highest BCUT2D eigenvalue weighted by Crippen LogP contribution is 2.14. The van der Waals surface area contributed by atoms with Crippen molar-refractivity contribution in [3.63, 3.8) is 0 Å². The first-order chi connectivity index (χ1) is 9.88. The Hall–Kier alpha value is -1.88. The number of carbonyl (C=O) groups excluding carboxylic acids is 1. The molecule has 1 aliphatic carbocycles. The normalized spacial score (nSPS) is 18.0. The zero-order valence-corrected chi connectivity index (χ0v) is 12.8.